The summed E-state index contributed by atoms with van der Waals surface area (Å²) in [6.07, 6.45) is 0. The van der Waals surface area contributed by atoms with Crippen LogP contribution in [-0.4, -0.2) is 15.6 Å². The van der Waals surface area contributed by atoms with Crippen molar-refractivity contribution < 1.29 is 0 Å². The van der Waals surface area contributed by atoms with Crippen LogP contribution in [0.25, 0.3) is 27.6 Å². The molecule has 0 atom stereocenters. The third kappa shape index (κ3) is 2.87. The third-order valence-electron chi connectivity index (χ3n) is 5.06. The van der Waals surface area contributed by atoms with Crippen molar-refractivity contribution in [1.82, 2.24) is 9.55 Å². The second-order valence-electron chi connectivity index (χ2n) is 7.91. The van der Waals surface area contributed by atoms with Crippen molar-refractivity contribution in [3.05, 3.63) is 64.8 Å². The van der Waals surface area contributed by atoms with Crippen LogP contribution >= 0.6 is 0 Å². The van der Waals surface area contributed by atoms with E-state index >= 15 is 0 Å². The van der Waals surface area contributed by atoms with E-state index in [4.69, 9.17) is 4.98 Å². The van der Waals surface area contributed by atoms with E-state index in [1.165, 1.54) is 38.7 Å². The highest BCUT2D eigenvalue weighted by molar-refractivity contribution is 6.14. The Balaban J connectivity index is 2.20. The van der Waals surface area contributed by atoms with E-state index in [2.05, 4.69) is 93.9 Å². The molecule has 138 valence electrons. The first-order valence-electron chi connectivity index (χ1n) is 9.62. The summed E-state index contributed by atoms with van der Waals surface area (Å²) in [4.78, 5) is 4.98. The predicted octanol–water partition coefficient (Wildman–Crippen LogP) is 6.23. The zero-order valence-corrected chi connectivity index (χ0v) is 17.0. The molecule has 0 aliphatic heterocycles. The fourth-order valence-electron chi connectivity index (χ4n) is 4.25. The Morgan fingerprint density at radius 3 is 2.26 bits per heavy atom. The number of nitrogens with one attached hydrogen (secondary N) is 1. The number of hydrogen-bond acceptors (Lipinski definition) is 2. The van der Waals surface area contributed by atoms with Crippen LogP contribution in [0.2, 0.25) is 0 Å². The predicted molar refractivity (Wildman–Crippen MR) is 116 cm³/mol. The van der Waals surface area contributed by atoms with Gasteiger partial charge in [-0.1, -0.05) is 35.9 Å². The molecule has 0 aliphatic rings. The summed E-state index contributed by atoms with van der Waals surface area (Å²) in [5, 5.41) is 6.07. The molecule has 0 saturated carbocycles. The summed E-state index contributed by atoms with van der Waals surface area (Å²) < 4.78 is 2.34. The van der Waals surface area contributed by atoms with Gasteiger partial charge in [-0.05, 0) is 64.8 Å². The molecule has 27 heavy (non-hydrogen) atoms. The lowest BCUT2D eigenvalue weighted by molar-refractivity contribution is 0.900. The second-order valence-corrected chi connectivity index (χ2v) is 7.91. The Labute approximate surface area is 161 Å². The van der Waals surface area contributed by atoms with Crippen molar-refractivity contribution in [2.24, 2.45) is 0 Å². The monoisotopic (exact) mass is 357 g/mol. The second kappa shape index (κ2) is 6.41. The molecule has 4 rings (SSSR count). The number of aryl methyl sites for hydroxylation is 4. The lowest BCUT2D eigenvalue weighted by Crippen LogP contribution is -2.10. The fourth-order valence-corrected chi connectivity index (χ4v) is 4.25. The number of hydrogen-bond donors (Lipinski definition) is 1. The fraction of sp³-hybridized carbons (Fsp3) is 0.292. The van der Waals surface area contributed by atoms with Crippen LogP contribution in [0.5, 0.6) is 0 Å². The Morgan fingerprint density at radius 1 is 0.926 bits per heavy atom. The summed E-state index contributed by atoms with van der Waals surface area (Å²) in [6, 6.07) is 15.7. The van der Waals surface area contributed by atoms with E-state index in [-0.39, 0.29) is 0 Å². The summed E-state index contributed by atoms with van der Waals surface area (Å²) in [6.45, 7) is 13.0. The Bertz CT molecular complexity index is 1140. The van der Waals surface area contributed by atoms with E-state index in [0.29, 0.717) is 6.04 Å². The molecule has 1 N–H and O–H groups in total. The molecule has 0 saturated heterocycles. The normalized spacial score (nSPS) is 11.7. The Hall–Kier alpha value is -2.81. The zero-order chi connectivity index (χ0) is 19.3. The quantitative estimate of drug-likeness (QED) is 0.471. The minimum atomic E-state index is 0.361. The molecule has 0 bridgehead atoms. The van der Waals surface area contributed by atoms with Gasteiger partial charge in [0.2, 0.25) is 0 Å². The van der Waals surface area contributed by atoms with Gasteiger partial charge in [-0.25, -0.2) is 4.98 Å². The molecule has 3 nitrogen and oxygen atoms in total. The van der Waals surface area contributed by atoms with Gasteiger partial charge >= 0.3 is 0 Å². The topological polar surface area (TPSA) is 29.9 Å². The Morgan fingerprint density at radius 2 is 1.59 bits per heavy atom. The summed E-state index contributed by atoms with van der Waals surface area (Å²) in [5.41, 5.74) is 9.48. The van der Waals surface area contributed by atoms with Crippen LogP contribution in [0.1, 0.15) is 36.2 Å². The van der Waals surface area contributed by atoms with Crippen LogP contribution in [-0.2, 0) is 0 Å². The van der Waals surface area contributed by atoms with Crippen molar-refractivity contribution in [2.75, 3.05) is 5.32 Å². The van der Waals surface area contributed by atoms with Gasteiger partial charge in [0.1, 0.15) is 5.65 Å². The Kier molecular flexibility index (Phi) is 4.18. The van der Waals surface area contributed by atoms with Gasteiger partial charge < -0.3 is 5.32 Å². The van der Waals surface area contributed by atoms with Gasteiger partial charge in [-0.2, -0.15) is 0 Å². The summed E-state index contributed by atoms with van der Waals surface area (Å²) in [5.74, 6) is 0. The molecule has 0 unspecified atom stereocenters. The largest absolute Gasteiger partial charge is 0.382 e. The van der Waals surface area contributed by atoms with Crippen LogP contribution < -0.4 is 5.32 Å². The molecule has 2 aromatic carbocycles. The molecule has 4 aromatic rings. The maximum Gasteiger partial charge on any atom is 0.147 e. The van der Waals surface area contributed by atoms with E-state index in [1.54, 1.807) is 0 Å². The van der Waals surface area contributed by atoms with Gasteiger partial charge in [0.05, 0.1) is 16.6 Å². The number of rotatable bonds is 3. The first-order chi connectivity index (χ1) is 12.9. The molecular formula is C24H27N3. The van der Waals surface area contributed by atoms with Gasteiger partial charge in [-0.15, -0.1) is 0 Å². The molecule has 2 heterocycles. The van der Waals surface area contributed by atoms with Crippen molar-refractivity contribution in [1.29, 1.82) is 0 Å². The standard InChI is InChI=1S/C24H27N3/c1-14(2)25-20-13-18(6)26-24-22(20)19-9-7-8-10-21(19)27(24)23-16(4)11-15(3)12-17(23)5/h7-14H,1-6H3,(H,25,26). The van der Waals surface area contributed by atoms with Gasteiger partial charge in [0, 0.05) is 22.8 Å². The van der Waals surface area contributed by atoms with E-state index in [9.17, 15) is 0 Å². The summed E-state index contributed by atoms with van der Waals surface area (Å²) >= 11 is 0. The van der Waals surface area contributed by atoms with Gasteiger partial charge in [-0.3, -0.25) is 4.57 Å². The van der Waals surface area contributed by atoms with E-state index < -0.39 is 0 Å². The van der Waals surface area contributed by atoms with Crippen molar-refractivity contribution in [3.8, 4) is 5.69 Å². The number of para-hydroxylation sites is 1. The summed E-state index contributed by atoms with van der Waals surface area (Å²) in [7, 11) is 0. The van der Waals surface area contributed by atoms with Gasteiger partial charge in [0.25, 0.3) is 0 Å². The average Bonchev–Trinajstić information content (AvgIpc) is 2.88. The maximum absolute atomic E-state index is 4.98. The lowest BCUT2D eigenvalue weighted by atomic mass is 10.0. The third-order valence-corrected chi connectivity index (χ3v) is 5.06. The first-order valence-corrected chi connectivity index (χ1v) is 9.62. The number of benzene rings is 2. The first kappa shape index (κ1) is 17.6. The number of nitrogens with zero attached hydrogens (tertiary/aromatic N) is 2. The SMILES string of the molecule is Cc1cc(C)c(-n2c3ccccc3c3c(NC(C)C)cc(C)nc32)c(C)c1. The van der Waals surface area contributed by atoms with Crippen molar-refractivity contribution in [2.45, 2.75) is 47.6 Å². The van der Waals surface area contributed by atoms with Crippen LogP contribution in [0.3, 0.4) is 0 Å². The number of aromatic nitrogens is 2. The molecule has 0 aliphatic carbocycles. The average molecular weight is 358 g/mol. The molecule has 0 amide bonds. The number of fused-ring (bicyclic) bond motifs is 3. The minimum Gasteiger partial charge on any atom is -0.382 e. The van der Waals surface area contributed by atoms with Crippen molar-refractivity contribution in [3.63, 3.8) is 0 Å². The number of anilines is 1. The molecule has 3 heteroatoms. The minimum absolute atomic E-state index is 0.361. The van der Waals surface area contributed by atoms with Gasteiger partial charge in [0.15, 0.2) is 0 Å². The number of pyridine rings is 1. The van der Waals surface area contributed by atoms with Crippen LogP contribution in [0, 0.1) is 27.7 Å². The lowest BCUT2D eigenvalue weighted by Gasteiger charge is -2.16. The molecular weight excluding hydrogens is 330 g/mol. The molecule has 0 fully saturated rings. The molecule has 0 spiro atoms. The van der Waals surface area contributed by atoms with Crippen molar-refractivity contribution >= 4 is 27.6 Å². The zero-order valence-electron chi connectivity index (χ0n) is 17.0. The maximum atomic E-state index is 4.98. The van der Waals surface area contributed by atoms with Crippen LogP contribution in [0.4, 0.5) is 5.69 Å². The van der Waals surface area contributed by atoms with E-state index in [1.807, 2.05) is 0 Å². The highest BCUT2D eigenvalue weighted by atomic mass is 15.1. The molecule has 0 radical (unpaired) electrons. The smallest absolute Gasteiger partial charge is 0.147 e. The van der Waals surface area contributed by atoms with E-state index in [0.717, 1.165) is 17.0 Å². The molecule has 2 aromatic heterocycles. The highest BCUT2D eigenvalue weighted by Crippen LogP contribution is 2.37. The highest BCUT2D eigenvalue weighted by Gasteiger charge is 2.19. The van der Waals surface area contributed by atoms with Crippen LogP contribution in [0.15, 0.2) is 42.5 Å².